The zero-order valence-corrected chi connectivity index (χ0v) is 32.1. The number of aliphatic hydroxyl groups is 1. The summed E-state index contributed by atoms with van der Waals surface area (Å²) in [6, 6.07) is 18.1. The van der Waals surface area contributed by atoms with E-state index in [2.05, 4.69) is 46.4 Å². The molecule has 51 heavy (non-hydrogen) atoms. The molecule has 4 aromatic rings. The van der Waals surface area contributed by atoms with Gasteiger partial charge in [0, 0.05) is 60.6 Å². The van der Waals surface area contributed by atoms with E-state index in [1.54, 1.807) is 10.6 Å². The van der Waals surface area contributed by atoms with Crippen LogP contribution in [-0.4, -0.2) is 78.8 Å². The molecule has 280 valence electrons. The number of piperazine rings is 1. The molecular weight excluding hydrogens is 657 g/mol. The molecule has 5 rings (SSSR count). The molecule has 8 nitrogen and oxygen atoms in total. The maximum Gasteiger partial charge on any atom is 0.252 e. The van der Waals surface area contributed by atoms with Gasteiger partial charge in [0.05, 0.1) is 12.1 Å². The molecule has 2 aromatic heterocycles. The fourth-order valence-corrected chi connectivity index (χ4v) is 7.97. The van der Waals surface area contributed by atoms with Crippen molar-refractivity contribution < 1.29 is 14.6 Å². The number of pyridine rings is 1. The molecule has 0 radical (unpaired) electrons. The van der Waals surface area contributed by atoms with E-state index >= 15 is 0 Å². The molecule has 1 aliphatic rings. The largest absolute Gasteiger partial charge is 0.494 e. The van der Waals surface area contributed by atoms with Gasteiger partial charge in [0.25, 0.3) is 5.56 Å². The highest BCUT2D eigenvalue weighted by Crippen LogP contribution is 2.31. The second-order valence-corrected chi connectivity index (χ2v) is 15.3. The molecule has 2 aromatic carbocycles. The van der Waals surface area contributed by atoms with Crippen LogP contribution in [0.15, 0.2) is 64.8 Å². The summed E-state index contributed by atoms with van der Waals surface area (Å²) in [5, 5.41) is 15.2. The quantitative estimate of drug-likeness (QED) is 0.0573. The molecule has 9 heteroatoms. The van der Waals surface area contributed by atoms with E-state index in [-0.39, 0.29) is 12.3 Å². The molecule has 0 bridgehead atoms. The number of ether oxygens (including phenoxy) is 2. The summed E-state index contributed by atoms with van der Waals surface area (Å²) in [7, 11) is 1.87. The highest BCUT2D eigenvalue weighted by molar-refractivity contribution is 7.17. The molecule has 1 atom stereocenters. The van der Waals surface area contributed by atoms with E-state index < -0.39 is 6.41 Å². The molecule has 1 aliphatic heterocycles. The predicted octanol–water partition coefficient (Wildman–Crippen LogP) is 9.08. The van der Waals surface area contributed by atoms with E-state index in [1.807, 2.05) is 47.5 Å². The molecule has 0 aliphatic carbocycles. The third-order valence-electron chi connectivity index (χ3n) is 10.4. The fraction of sp³-hybridized carbons (Fsp3) is 0.595. The fourth-order valence-electron chi connectivity index (χ4n) is 7.17. The van der Waals surface area contributed by atoms with E-state index in [0.717, 1.165) is 81.6 Å². The Balaban J connectivity index is 0.969. The number of hydrogen-bond acceptors (Lipinski definition) is 8. The van der Waals surface area contributed by atoms with Crippen LogP contribution in [0.4, 0.5) is 5.69 Å². The van der Waals surface area contributed by atoms with Gasteiger partial charge in [-0.05, 0) is 80.0 Å². The molecule has 1 N–H and O–H groups in total. The summed E-state index contributed by atoms with van der Waals surface area (Å²) in [5.74, 6) is 0.739. The molecular formula is C42H62N4O4S. The molecule has 0 spiro atoms. The number of nitrogens with zero attached hydrogens (tertiary/aromatic N) is 4. The second-order valence-electron chi connectivity index (χ2n) is 14.3. The first-order chi connectivity index (χ1) is 25.0. The van der Waals surface area contributed by atoms with Crippen LogP contribution in [0, 0.1) is 0 Å². The number of unbranched alkanes of at least 4 members (excludes halogenated alkanes) is 12. The molecule has 1 unspecified atom stereocenters. The molecule has 1 fully saturated rings. The highest BCUT2D eigenvalue weighted by Gasteiger charge is 2.19. The number of thiophene rings is 1. The smallest absolute Gasteiger partial charge is 0.252 e. The van der Waals surface area contributed by atoms with Crippen LogP contribution in [0.2, 0.25) is 0 Å². The Morgan fingerprint density at radius 2 is 1.53 bits per heavy atom. The van der Waals surface area contributed by atoms with E-state index in [0.29, 0.717) is 6.61 Å². The lowest BCUT2D eigenvalue weighted by atomic mass is 10.1. The maximum absolute atomic E-state index is 12.9. The van der Waals surface area contributed by atoms with Crippen LogP contribution in [0.5, 0.6) is 5.75 Å². The third-order valence-corrected chi connectivity index (χ3v) is 11.3. The van der Waals surface area contributed by atoms with Gasteiger partial charge < -0.3 is 19.5 Å². The van der Waals surface area contributed by atoms with Crippen LogP contribution in [0.3, 0.4) is 0 Å². The Labute approximate surface area is 310 Å². The zero-order valence-electron chi connectivity index (χ0n) is 31.3. The van der Waals surface area contributed by atoms with Gasteiger partial charge in [-0.15, -0.1) is 11.3 Å². The van der Waals surface area contributed by atoms with E-state index in [9.17, 15) is 9.90 Å². The first kappa shape index (κ1) is 39.3. The van der Waals surface area contributed by atoms with Crippen LogP contribution in [0.25, 0.3) is 21.0 Å². The van der Waals surface area contributed by atoms with Crippen molar-refractivity contribution in [1.29, 1.82) is 0 Å². The average molecular weight is 719 g/mol. The first-order valence-electron chi connectivity index (χ1n) is 19.7. The molecule has 1 saturated heterocycles. The first-order valence-corrected chi connectivity index (χ1v) is 20.6. The van der Waals surface area contributed by atoms with Crippen molar-refractivity contribution in [1.82, 2.24) is 14.4 Å². The average Bonchev–Trinajstić information content (AvgIpc) is 3.64. The lowest BCUT2D eigenvalue weighted by molar-refractivity contribution is -0.203. The standard InChI is InChI=1S/C42H62N4O4S/c1-3-4-5-6-7-8-9-10-11-12-13-14-25-43(2)42(48)50-34-46-39-33-36(22-20-35(39)21-23-41(46)47)49-31-16-15-26-44-27-29-45(30-28-44)38-18-17-19-40-37(38)24-32-51-40/h17-24,32-33,42,48H,3-16,25-31,34H2,1-2H3. The number of rotatable bonds is 24. The van der Waals surface area contributed by atoms with Gasteiger partial charge >= 0.3 is 0 Å². The van der Waals surface area contributed by atoms with Crippen molar-refractivity contribution in [3.05, 3.63) is 70.3 Å². The van der Waals surface area contributed by atoms with Gasteiger partial charge in [-0.3, -0.25) is 19.2 Å². The summed E-state index contributed by atoms with van der Waals surface area (Å²) in [4.78, 5) is 19.8. The maximum atomic E-state index is 12.9. The van der Waals surface area contributed by atoms with Crippen molar-refractivity contribution in [2.45, 2.75) is 110 Å². The van der Waals surface area contributed by atoms with Gasteiger partial charge in [0.2, 0.25) is 6.41 Å². The monoisotopic (exact) mass is 718 g/mol. The topological polar surface area (TPSA) is 70.4 Å². The minimum absolute atomic E-state index is 0.0285. The van der Waals surface area contributed by atoms with Crippen molar-refractivity contribution in [3.8, 4) is 5.75 Å². The predicted molar refractivity (Wildman–Crippen MR) is 214 cm³/mol. The number of aromatic nitrogens is 1. The van der Waals surface area contributed by atoms with Gasteiger partial charge in [0.15, 0.2) is 0 Å². The highest BCUT2D eigenvalue weighted by atomic mass is 32.1. The lowest BCUT2D eigenvalue weighted by Crippen LogP contribution is -2.46. The summed E-state index contributed by atoms with van der Waals surface area (Å²) >= 11 is 1.81. The Kier molecular flexibility index (Phi) is 16.6. The molecule has 3 heterocycles. The lowest BCUT2D eigenvalue weighted by Gasteiger charge is -2.36. The number of benzene rings is 2. The Bertz CT molecular complexity index is 1630. The SMILES string of the molecule is CCCCCCCCCCCCCCN(C)C(O)OCn1c(=O)ccc2ccc(OCCCCN3CCN(c4cccc5sccc45)CC3)cc21. The Morgan fingerprint density at radius 1 is 0.824 bits per heavy atom. The van der Waals surface area contributed by atoms with Crippen LogP contribution >= 0.6 is 11.3 Å². The van der Waals surface area contributed by atoms with Gasteiger partial charge in [0.1, 0.15) is 12.5 Å². The van der Waals surface area contributed by atoms with Crippen molar-refractivity contribution in [2.75, 3.05) is 57.8 Å². The minimum atomic E-state index is -1.07. The van der Waals surface area contributed by atoms with Crippen molar-refractivity contribution >= 4 is 38.0 Å². The zero-order chi connectivity index (χ0) is 35.7. The van der Waals surface area contributed by atoms with Gasteiger partial charge in [-0.25, -0.2) is 0 Å². The van der Waals surface area contributed by atoms with E-state index in [4.69, 9.17) is 9.47 Å². The number of aliphatic hydroxyl groups excluding tert-OH is 1. The normalized spacial score (nSPS) is 14.6. The second kappa shape index (κ2) is 21.5. The molecule has 0 amide bonds. The third kappa shape index (κ3) is 12.3. The number of anilines is 1. The van der Waals surface area contributed by atoms with Crippen LogP contribution in [0.1, 0.15) is 96.8 Å². The Hall–Kier alpha value is -2.95. The number of hydrogen-bond donors (Lipinski definition) is 1. The van der Waals surface area contributed by atoms with Gasteiger partial charge in [-0.1, -0.05) is 83.6 Å². The summed E-state index contributed by atoms with van der Waals surface area (Å²) in [6.07, 6.45) is 16.6. The van der Waals surface area contributed by atoms with Crippen LogP contribution < -0.4 is 15.2 Å². The molecule has 0 saturated carbocycles. The minimum Gasteiger partial charge on any atom is -0.494 e. The Morgan fingerprint density at radius 3 is 2.27 bits per heavy atom. The summed E-state index contributed by atoms with van der Waals surface area (Å²) in [6.45, 7) is 8.96. The van der Waals surface area contributed by atoms with Crippen LogP contribution in [-0.2, 0) is 11.5 Å². The summed E-state index contributed by atoms with van der Waals surface area (Å²) < 4.78 is 14.9. The van der Waals surface area contributed by atoms with Crippen molar-refractivity contribution in [3.63, 3.8) is 0 Å². The van der Waals surface area contributed by atoms with Gasteiger partial charge in [-0.2, -0.15) is 0 Å². The van der Waals surface area contributed by atoms with Crippen molar-refractivity contribution in [2.24, 2.45) is 0 Å². The summed E-state index contributed by atoms with van der Waals surface area (Å²) in [5.41, 5.74) is 1.94. The van der Waals surface area contributed by atoms with E-state index in [1.165, 1.54) is 80.0 Å². The number of fused-ring (bicyclic) bond motifs is 2.